The first-order chi connectivity index (χ1) is 11.9. The van der Waals surface area contributed by atoms with Gasteiger partial charge in [-0.1, -0.05) is 30.3 Å². The van der Waals surface area contributed by atoms with Crippen LogP contribution in [-0.4, -0.2) is 59.0 Å². The number of rotatable bonds is 3. The molecule has 1 amide bonds. The van der Waals surface area contributed by atoms with Crippen LogP contribution in [0.1, 0.15) is 28.0 Å². The lowest BCUT2D eigenvalue weighted by Crippen LogP contribution is -2.60. The Morgan fingerprint density at radius 1 is 1.24 bits per heavy atom. The Bertz CT molecular complexity index is 730. The average molecular weight is 339 g/mol. The van der Waals surface area contributed by atoms with Crippen LogP contribution in [-0.2, 0) is 5.60 Å². The number of piperidine rings is 1. The van der Waals surface area contributed by atoms with Gasteiger partial charge >= 0.3 is 0 Å². The Balaban J connectivity index is 1.84. The summed E-state index contributed by atoms with van der Waals surface area (Å²) in [7, 11) is 3.89. The van der Waals surface area contributed by atoms with Crippen molar-refractivity contribution >= 4 is 5.91 Å². The third-order valence-electron chi connectivity index (χ3n) is 5.05. The average Bonchev–Trinajstić information content (AvgIpc) is 2.62. The summed E-state index contributed by atoms with van der Waals surface area (Å²) in [6.45, 7) is 2.89. The number of amides is 1. The maximum atomic E-state index is 12.8. The zero-order chi connectivity index (χ0) is 18.0. The molecule has 2 atom stereocenters. The highest BCUT2D eigenvalue weighted by atomic mass is 16.3. The summed E-state index contributed by atoms with van der Waals surface area (Å²) in [4.78, 5) is 20.8. The van der Waals surface area contributed by atoms with Crippen LogP contribution in [0.5, 0.6) is 0 Å². The third-order valence-corrected chi connectivity index (χ3v) is 5.05. The van der Waals surface area contributed by atoms with Crippen LogP contribution >= 0.6 is 0 Å². The van der Waals surface area contributed by atoms with Crippen molar-refractivity contribution in [2.75, 3.05) is 27.2 Å². The molecule has 0 aliphatic carbocycles. The van der Waals surface area contributed by atoms with Crippen LogP contribution in [0.15, 0.2) is 48.7 Å². The Morgan fingerprint density at radius 3 is 2.56 bits per heavy atom. The molecule has 132 valence electrons. The fraction of sp³-hybridized carbons (Fsp3) is 0.400. The molecule has 3 rings (SSSR count). The summed E-state index contributed by atoms with van der Waals surface area (Å²) < 4.78 is 0. The van der Waals surface area contributed by atoms with Crippen molar-refractivity contribution in [1.82, 2.24) is 14.8 Å². The lowest BCUT2D eigenvalue weighted by Gasteiger charge is -2.47. The van der Waals surface area contributed by atoms with E-state index in [1.807, 2.05) is 73.3 Å². The number of likely N-dealkylation sites (N-methyl/N-ethyl adjacent to an activating group) is 1. The highest BCUT2D eigenvalue weighted by Gasteiger charge is 2.45. The van der Waals surface area contributed by atoms with Gasteiger partial charge < -0.3 is 14.9 Å². The van der Waals surface area contributed by atoms with Crippen molar-refractivity contribution in [3.8, 4) is 0 Å². The minimum Gasteiger partial charge on any atom is -0.383 e. The fourth-order valence-electron chi connectivity index (χ4n) is 3.54. The predicted octanol–water partition coefficient (Wildman–Crippen LogP) is 2.05. The third kappa shape index (κ3) is 3.43. The van der Waals surface area contributed by atoms with Crippen LogP contribution < -0.4 is 0 Å². The SMILES string of the molecule is Cc1ccc(C(=O)N2CCC(O)(c3ccccc3)C(N(C)C)C2)cn1. The van der Waals surface area contributed by atoms with E-state index >= 15 is 0 Å². The molecule has 2 heterocycles. The molecular formula is C20H25N3O2. The summed E-state index contributed by atoms with van der Waals surface area (Å²) >= 11 is 0. The second-order valence-corrected chi connectivity index (χ2v) is 6.96. The molecule has 1 aliphatic rings. The maximum Gasteiger partial charge on any atom is 0.255 e. The summed E-state index contributed by atoms with van der Waals surface area (Å²) in [6, 6.07) is 13.2. The van der Waals surface area contributed by atoms with Gasteiger partial charge in [0.2, 0.25) is 0 Å². The second-order valence-electron chi connectivity index (χ2n) is 6.96. The summed E-state index contributed by atoms with van der Waals surface area (Å²) in [6.07, 6.45) is 2.13. The van der Waals surface area contributed by atoms with E-state index in [4.69, 9.17) is 0 Å². The lowest BCUT2D eigenvalue weighted by atomic mass is 9.79. The second kappa shape index (κ2) is 6.94. The Hall–Kier alpha value is -2.24. The van der Waals surface area contributed by atoms with E-state index in [-0.39, 0.29) is 11.9 Å². The molecule has 0 saturated carbocycles. The summed E-state index contributed by atoms with van der Waals surface area (Å²) in [5, 5.41) is 11.4. The van der Waals surface area contributed by atoms with E-state index in [0.29, 0.717) is 25.1 Å². The first kappa shape index (κ1) is 17.6. The molecule has 1 saturated heterocycles. The van der Waals surface area contributed by atoms with Crippen LogP contribution in [0.3, 0.4) is 0 Å². The number of pyridine rings is 1. The minimum atomic E-state index is -0.965. The predicted molar refractivity (Wildman–Crippen MR) is 97.3 cm³/mol. The van der Waals surface area contributed by atoms with Crippen LogP contribution in [0.25, 0.3) is 0 Å². The van der Waals surface area contributed by atoms with Crippen LogP contribution in [0.2, 0.25) is 0 Å². The quantitative estimate of drug-likeness (QED) is 0.930. The molecule has 2 aromatic rings. The molecule has 2 unspecified atom stereocenters. The molecule has 5 heteroatoms. The fourth-order valence-corrected chi connectivity index (χ4v) is 3.54. The van der Waals surface area contributed by atoms with Gasteiger partial charge in [0, 0.05) is 25.0 Å². The molecule has 1 fully saturated rings. The van der Waals surface area contributed by atoms with Gasteiger partial charge in [0.1, 0.15) is 5.60 Å². The van der Waals surface area contributed by atoms with Crippen molar-refractivity contribution in [2.45, 2.75) is 25.0 Å². The van der Waals surface area contributed by atoms with E-state index in [1.54, 1.807) is 6.20 Å². The van der Waals surface area contributed by atoms with E-state index in [0.717, 1.165) is 11.3 Å². The van der Waals surface area contributed by atoms with Crippen molar-refractivity contribution in [2.24, 2.45) is 0 Å². The standard InChI is InChI=1S/C20H25N3O2/c1-15-9-10-16(13-21-15)19(24)23-12-11-20(25,18(14-23)22(2)3)17-7-5-4-6-8-17/h4-10,13,18,25H,11-12,14H2,1-3H3. The molecule has 0 bridgehead atoms. The number of aliphatic hydroxyl groups is 1. The molecule has 0 spiro atoms. The zero-order valence-electron chi connectivity index (χ0n) is 15.0. The first-order valence-electron chi connectivity index (χ1n) is 8.58. The normalized spacial score (nSPS) is 23.7. The van der Waals surface area contributed by atoms with Crippen molar-refractivity contribution in [3.63, 3.8) is 0 Å². The zero-order valence-corrected chi connectivity index (χ0v) is 15.0. The van der Waals surface area contributed by atoms with Gasteiger partial charge in [-0.2, -0.15) is 0 Å². The van der Waals surface area contributed by atoms with E-state index in [9.17, 15) is 9.90 Å². The molecule has 25 heavy (non-hydrogen) atoms. The summed E-state index contributed by atoms with van der Waals surface area (Å²) in [5.74, 6) is -0.0329. The van der Waals surface area contributed by atoms with Gasteiger partial charge in [0.15, 0.2) is 0 Å². The van der Waals surface area contributed by atoms with Crippen molar-refractivity contribution in [3.05, 3.63) is 65.5 Å². The molecule has 1 aromatic heterocycles. The highest BCUT2D eigenvalue weighted by Crippen LogP contribution is 2.35. The molecule has 1 N–H and O–H groups in total. The van der Waals surface area contributed by atoms with E-state index < -0.39 is 5.60 Å². The Kier molecular flexibility index (Phi) is 4.88. The van der Waals surface area contributed by atoms with Gasteiger partial charge in [-0.05, 0) is 45.1 Å². The Labute approximate surface area is 148 Å². The molecule has 1 aromatic carbocycles. The number of nitrogens with zero attached hydrogens (tertiary/aromatic N) is 3. The number of hydrogen-bond acceptors (Lipinski definition) is 4. The molecule has 1 aliphatic heterocycles. The topological polar surface area (TPSA) is 56.7 Å². The maximum absolute atomic E-state index is 12.8. The lowest BCUT2D eigenvalue weighted by molar-refractivity contribution is -0.0810. The number of aryl methyl sites for hydroxylation is 1. The summed E-state index contributed by atoms with van der Waals surface area (Å²) in [5.41, 5.74) is 1.42. The number of likely N-dealkylation sites (tertiary alicyclic amines) is 1. The Morgan fingerprint density at radius 2 is 1.96 bits per heavy atom. The van der Waals surface area contributed by atoms with E-state index in [2.05, 4.69) is 4.98 Å². The number of carbonyl (C=O) groups excluding carboxylic acids is 1. The van der Waals surface area contributed by atoms with Crippen molar-refractivity contribution < 1.29 is 9.90 Å². The largest absolute Gasteiger partial charge is 0.383 e. The van der Waals surface area contributed by atoms with Gasteiger partial charge in [-0.3, -0.25) is 9.78 Å². The molecule has 0 radical (unpaired) electrons. The number of aromatic nitrogens is 1. The van der Waals surface area contributed by atoms with Crippen molar-refractivity contribution in [1.29, 1.82) is 0 Å². The first-order valence-corrected chi connectivity index (χ1v) is 8.58. The van der Waals surface area contributed by atoms with E-state index in [1.165, 1.54) is 0 Å². The smallest absolute Gasteiger partial charge is 0.255 e. The monoisotopic (exact) mass is 339 g/mol. The molecule has 5 nitrogen and oxygen atoms in total. The number of benzene rings is 1. The van der Waals surface area contributed by atoms with Gasteiger partial charge in [-0.15, -0.1) is 0 Å². The molecular weight excluding hydrogens is 314 g/mol. The van der Waals surface area contributed by atoms with Crippen LogP contribution in [0.4, 0.5) is 0 Å². The van der Waals surface area contributed by atoms with Gasteiger partial charge in [-0.25, -0.2) is 0 Å². The van der Waals surface area contributed by atoms with Crippen LogP contribution in [0, 0.1) is 6.92 Å². The highest BCUT2D eigenvalue weighted by molar-refractivity contribution is 5.94. The minimum absolute atomic E-state index is 0.0329. The number of hydrogen-bond donors (Lipinski definition) is 1. The van der Waals surface area contributed by atoms with Gasteiger partial charge in [0.05, 0.1) is 11.6 Å². The number of carbonyl (C=O) groups is 1. The van der Waals surface area contributed by atoms with Gasteiger partial charge in [0.25, 0.3) is 5.91 Å².